The van der Waals surface area contributed by atoms with Crippen LogP contribution in [0.4, 0.5) is 0 Å². The molecule has 0 aliphatic heterocycles. The molecule has 0 bridgehead atoms. The second-order valence-corrected chi connectivity index (χ2v) is 4.31. The molecule has 1 heterocycles. The molecule has 17 heavy (non-hydrogen) atoms. The van der Waals surface area contributed by atoms with E-state index in [1.54, 1.807) is 36.4 Å². The number of hydrogen-bond acceptors (Lipinski definition) is 3. The lowest BCUT2D eigenvalue weighted by atomic mass is 9.80. The van der Waals surface area contributed by atoms with Crippen molar-refractivity contribution in [3.63, 3.8) is 0 Å². The van der Waals surface area contributed by atoms with Gasteiger partial charge in [0.05, 0.1) is 0 Å². The van der Waals surface area contributed by atoms with Crippen LogP contribution in [-0.2, 0) is 0 Å². The van der Waals surface area contributed by atoms with E-state index in [0.29, 0.717) is 16.1 Å². The highest BCUT2D eigenvalue weighted by Gasteiger charge is 2.14. The van der Waals surface area contributed by atoms with Crippen LogP contribution < -0.4 is 5.46 Å². The quantitative estimate of drug-likeness (QED) is 0.645. The zero-order valence-corrected chi connectivity index (χ0v) is 9.48. The third-order valence-corrected chi connectivity index (χ3v) is 2.99. The first-order valence-corrected chi connectivity index (χ1v) is 5.51. The smallest absolute Gasteiger partial charge is 0.456 e. The maximum absolute atomic E-state index is 9.15. The van der Waals surface area contributed by atoms with E-state index in [0.717, 1.165) is 16.4 Å². The van der Waals surface area contributed by atoms with Crippen LogP contribution in [0.25, 0.3) is 21.9 Å². The Kier molecular flexibility index (Phi) is 2.36. The molecule has 2 aromatic carbocycles. The summed E-state index contributed by atoms with van der Waals surface area (Å²) >= 11 is 5.94. The molecule has 3 rings (SSSR count). The van der Waals surface area contributed by atoms with Gasteiger partial charge >= 0.3 is 7.12 Å². The topological polar surface area (TPSA) is 53.6 Å². The van der Waals surface area contributed by atoms with E-state index in [1.165, 1.54) is 0 Å². The van der Waals surface area contributed by atoms with Crippen molar-refractivity contribution in [2.24, 2.45) is 0 Å². The minimum absolute atomic E-state index is 0.431. The zero-order valence-electron chi connectivity index (χ0n) is 8.72. The molecule has 0 spiro atoms. The number of hydrogen-bond donors (Lipinski definition) is 2. The van der Waals surface area contributed by atoms with Crippen LogP contribution in [0.3, 0.4) is 0 Å². The molecule has 0 unspecified atom stereocenters. The molecule has 0 radical (unpaired) electrons. The molecule has 84 valence electrons. The van der Waals surface area contributed by atoms with Crippen LogP contribution in [0.2, 0.25) is 5.02 Å². The van der Waals surface area contributed by atoms with Crippen LogP contribution in [-0.4, -0.2) is 17.2 Å². The summed E-state index contributed by atoms with van der Waals surface area (Å²) in [7, 11) is -1.48. The van der Waals surface area contributed by atoms with Gasteiger partial charge < -0.3 is 14.5 Å². The maximum Gasteiger partial charge on any atom is 0.488 e. The van der Waals surface area contributed by atoms with Gasteiger partial charge in [-0.15, -0.1) is 0 Å². The largest absolute Gasteiger partial charge is 0.488 e. The molecule has 2 N–H and O–H groups in total. The van der Waals surface area contributed by atoms with Crippen molar-refractivity contribution in [1.29, 1.82) is 0 Å². The molecule has 0 saturated heterocycles. The molecule has 0 amide bonds. The lowest BCUT2D eigenvalue weighted by Crippen LogP contribution is -2.29. The Balaban J connectivity index is 2.39. The number of halogens is 1. The van der Waals surface area contributed by atoms with Crippen molar-refractivity contribution in [3.8, 4) is 0 Å². The van der Waals surface area contributed by atoms with Crippen molar-refractivity contribution in [2.45, 2.75) is 0 Å². The Morgan fingerprint density at radius 2 is 1.59 bits per heavy atom. The molecule has 0 fully saturated rings. The third-order valence-electron chi connectivity index (χ3n) is 2.75. The monoisotopic (exact) mass is 246 g/mol. The average Bonchev–Trinajstić information content (AvgIpc) is 2.66. The Hall–Kier alpha value is -1.49. The molecule has 3 aromatic rings. The van der Waals surface area contributed by atoms with Gasteiger partial charge in [0.2, 0.25) is 0 Å². The van der Waals surface area contributed by atoms with Crippen LogP contribution in [0, 0.1) is 0 Å². The standard InChI is InChI=1S/C12H8BClO3/c14-8-2-4-12-10(6-8)9-5-7(13(15)16)1-3-11(9)17-12/h1-6,15-16H. The van der Waals surface area contributed by atoms with Gasteiger partial charge in [-0.1, -0.05) is 23.7 Å². The highest BCUT2D eigenvalue weighted by molar-refractivity contribution is 6.59. The summed E-state index contributed by atoms with van der Waals surface area (Å²) in [5.74, 6) is 0. The van der Waals surface area contributed by atoms with Crippen molar-refractivity contribution < 1.29 is 14.5 Å². The van der Waals surface area contributed by atoms with Crippen molar-refractivity contribution in [3.05, 3.63) is 41.4 Å². The fourth-order valence-corrected chi connectivity index (χ4v) is 2.10. The Bertz CT molecular complexity index is 705. The van der Waals surface area contributed by atoms with Crippen LogP contribution in [0.15, 0.2) is 40.8 Å². The first-order valence-electron chi connectivity index (χ1n) is 5.13. The molecule has 0 atom stereocenters. The van der Waals surface area contributed by atoms with Crippen molar-refractivity contribution in [1.82, 2.24) is 0 Å². The summed E-state index contributed by atoms with van der Waals surface area (Å²) in [6.07, 6.45) is 0. The summed E-state index contributed by atoms with van der Waals surface area (Å²) in [5, 5.41) is 20.6. The van der Waals surface area contributed by atoms with Crippen LogP contribution >= 0.6 is 11.6 Å². The van der Waals surface area contributed by atoms with Gasteiger partial charge in [-0.05, 0) is 29.7 Å². The van der Waals surface area contributed by atoms with Gasteiger partial charge in [0.15, 0.2) is 0 Å². The van der Waals surface area contributed by atoms with E-state index in [9.17, 15) is 0 Å². The maximum atomic E-state index is 9.15. The summed E-state index contributed by atoms with van der Waals surface area (Å²) < 4.78 is 5.62. The predicted molar refractivity (Wildman–Crippen MR) is 68.6 cm³/mol. The highest BCUT2D eigenvalue weighted by atomic mass is 35.5. The molecule has 3 nitrogen and oxygen atoms in total. The minimum Gasteiger partial charge on any atom is -0.456 e. The van der Waals surface area contributed by atoms with E-state index in [2.05, 4.69) is 0 Å². The summed E-state index contributed by atoms with van der Waals surface area (Å²) in [6.45, 7) is 0. The zero-order chi connectivity index (χ0) is 12.0. The molecule has 0 aliphatic rings. The van der Waals surface area contributed by atoms with Crippen molar-refractivity contribution in [2.75, 3.05) is 0 Å². The Labute approximate surface area is 102 Å². The van der Waals surface area contributed by atoms with Gasteiger partial charge in [0, 0.05) is 15.8 Å². The Morgan fingerprint density at radius 1 is 0.941 bits per heavy atom. The van der Waals surface area contributed by atoms with Crippen LogP contribution in [0.5, 0.6) is 0 Å². The van der Waals surface area contributed by atoms with E-state index in [4.69, 9.17) is 26.1 Å². The molecular formula is C12H8BClO3. The van der Waals surface area contributed by atoms with Gasteiger partial charge in [0.25, 0.3) is 0 Å². The van der Waals surface area contributed by atoms with E-state index in [-0.39, 0.29) is 0 Å². The SMILES string of the molecule is OB(O)c1ccc2oc3ccc(Cl)cc3c2c1. The summed E-state index contributed by atoms with van der Waals surface area (Å²) in [5.41, 5.74) is 1.86. The second kappa shape index (κ2) is 3.77. The molecule has 5 heteroatoms. The predicted octanol–water partition coefficient (Wildman–Crippen LogP) is 1.92. The molecule has 1 aromatic heterocycles. The van der Waals surface area contributed by atoms with Gasteiger partial charge in [0.1, 0.15) is 11.2 Å². The molecule has 0 saturated carbocycles. The normalized spacial score (nSPS) is 11.2. The van der Waals surface area contributed by atoms with Crippen LogP contribution in [0.1, 0.15) is 0 Å². The summed E-state index contributed by atoms with van der Waals surface area (Å²) in [4.78, 5) is 0. The number of fused-ring (bicyclic) bond motifs is 3. The molecular weight excluding hydrogens is 238 g/mol. The number of furan rings is 1. The minimum atomic E-state index is -1.48. The lowest BCUT2D eigenvalue weighted by Gasteiger charge is -1.98. The van der Waals surface area contributed by atoms with Gasteiger partial charge in [-0.3, -0.25) is 0 Å². The fraction of sp³-hybridized carbons (Fsp3) is 0. The third kappa shape index (κ3) is 1.71. The van der Waals surface area contributed by atoms with E-state index < -0.39 is 7.12 Å². The molecule has 0 aliphatic carbocycles. The average molecular weight is 246 g/mol. The number of benzene rings is 2. The lowest BCUT2D eigenvalue weighted by molar-refractivity contribution is 0.426. The number of rotatable bonds is 1. The second-order valence-electron chi connectivity index (χ2n) is 3.87. The first kappa shape index (κ1) is 10.7. The van der Waals surface area contributed by atoms with E-state index >= 15 is 0 Å². The summed E-state index contributed by atoms with van der Waals surface area (Å²) in [6, 6.07) is 10.4. The van der Waals surface area contributed by atoms with Gasteiger partial charge in [-0.2, -0.15) is 0 Å². The van der Waals surface area contributed by atoms with Crippen molar-refractivity contribution >= 4 is 46.1 Å². The van der Waals surface area contributed by atoms with Gasteiger partial charge in [-0.25, -0.2) is 0 Å². The Morgan fingerprint density at radius 3 is 2.29 bits per heavy atom. The van der Waals surface area contributed by atoms with E-state index in [1.807, 2.05) is 0 Å². The highest BCUT2D eigenvalue weighted by Crippen LogP contribution is 2.29. The fourth-order valence-electron chi connectivity index (χ4n) is 1.93. The first-order chi connectivity index (χ1) is 8.15.